The van der Waals surface area contributed by atoms with E-state index < -0.39 is 5.91 Å². The SMILES string of the molecule is CNOc1cc(C#N)cc(C)c1NC(=O)c1cc(Br)nn1-c1ncccc1Cl. The average molecular weight is 462 g/mol. The van der Waals surface area contributed by atoms with Crippen LogP contribution in [0.4, 0.5) is 5.69 Å². The van der Waals surface area contributed by atoms with Gasteiger partial charge < -0.3 is 10.2 Å². The molecule has 0 unspecified atom stereocenters. The van der Waals surface area contributed by atoms with Gasteiger partial charge in [0, 0.05) is 25.4 Å². The first-order chi connectivity index (χ1) is 13.4. The number of nitrogens with zero attached hydrogens (tertiary/aromatic N) is 4. The number of amides is 1. The first-order valence-electron chi connectivity index (χ1n) is 8.00. The first kappa shape index (κ1) is 19.8. The topological polar surface area (TPSA) is 105 Å². The van der Waals surface area contributed by atoms with Gasteiger partial charge in [0.15, 0.2) is 11.6 Å². The summed E-state index contributed by atoms with van der Waals surface area (Å²) in [5.74, 6) is 0.186. The number of rotatable bonds is 5. The Balaban J connectivity index is 2.02. The van der Waals surface area contributed by atoms with E-state index in [0.29, 0.717) is 38.0 Å². The molecule has 28 heavy (non-hydrogen) atoms. The molecule has 2 heterocycles. The van der Waals surface area contributed by atoms with E-state index in [1.165, 1.54) is 10.7 Å². The molecule has 0 aliphatic rings. The molecule has 0 aliphatic heterocycles. The molecule has 2 N–H and O–H groups in total. The van der Waals surface area contributed by atoms with E-state index in [0.717, 1.165) is 0 Å². The van der Waals surface area contributed by atoms with Crippen LogP contribution >= 0.6 is 27.5 Å². The Morgan fingerprint density at radius 3 is 2.86 bits per heavy atom. The van der Waals surface area contributed by atoms with E-state index in [9.17, 15) is 4.79 Å². The first-order valence-corrected chi connectivity index (χ1v) is 9.17. The molecular formula is C18H14BrClN6O2. The van der Waals surface area contributed by atoms with Gasteiger partial charge in [0.05, 0.1) is 22.3 Å². The maximum absolute atomic E-state index is 13.0. The number of carbonyl (C=O) groups is 1. The van der Waals surface area contributed by atoms with E-state index >= 15 is 0 Å². The van der Waals surface area contributed by atoms with Gasteiger partial charge in [-0.05, 0) is 46.6 Å². The number of hydroxylamine groups is 1. The van der Waals surface area contributed by atoms with Crippen LogP contribution in [-0.4, -0.2) is 27.7 Å². The lowest BCUT2D eigenvalue weighted by Crippen LogP contribution is -2.20. The molecule has 0 saturated carbocycles. The molecule has 0 radical (unpaired) electrons. The fourth-order valence-electron chi connectivity index (χ4n) is 2.56. The smallest absolute Gasteiger partial charge is 0.274 e. The van der Waals surface area contributed by atoms with Crippen molar-refractivity contribution in [2.24, 2.45) is 0 Å². The van der Waals surface area contributed by atoms with E-state index in [-0.39, 0.29) is 5.69 Å². The molecule has 10 heteroatoms. The molecule has 2 aromatic heterocycles. The van der Waals surface area contributed by atoms with Crippen molar-refractivity contribution in [2.75, 3.05) is 12.4 Å². The van der Waals surface area contributed by atoms with Gasteiger partial charge >= 0.3 is 0 Å². The molecule has 142 valence electrons. The van der Waals surface area contributed by atoms with Crippen LogP contribution in [-0.2, 0) is 0 Å². The van der Waals surface area contributed by atoms with Crippen molar-refractivity contribution in [1.29, 1.82) is 5.26 Å². The van der Waals surface area contributed by atoms with Crippen LogP contribution in [0.3, 0.4) is 0 Å². The highest BCUT2D eigenvalue weighted by atomic mass is 79.9. The van der Waals surface area contributed by atoms with Crippen LogP contribution < -0.4 is 15.6 Å². The van der Waals surface area contributed by atoms with Gasteiger partial charge in [0.25, 0.3) is 5.91 Å². The number of benzene rings is 1. The predicted molar refractivity (Wildman–Crippen MR) is 108 cm³/mol. The second-order valence-electron chi connectivity index (χ2n) is 5.61. The number of carbonyl (C=O) groups excluding carboxylic acids is 1. The Labute approximate surface area is 174 Å². The molecule has 0 saturated heterocycles. The molecule has 8 nitrogen and oxygen atoms in total. The third-order valence-corrected chi connectivity index (χ3v) is 4.41. The standard InChI is InChI=1S/C18H14BrClN6O2/c1-10-6-11(9-21)7-14(28-22-2)16(10)24-18(27)13-8-15(19)25-26(13)17-12(20)4-3-5-23-17/h3-8,22H,1-2H3,(H,24,27). The number of aromatic nitrogens is 3. The lowest BCUT2D eigenvalue weighted by molar-refractivity contribution is 0.101. The van der Waals surface area contributed by atoms with Crippen molar-refractivity contribution in [3.63, 3.8) is 0 Å². The summed E-state index contributed by atoms with van der Waals surface area (Å²) in [6.45, 7) is 1.77. The highest BCUT2D eigenvalue weighted by Crippen LogP contribution is 2.30. The lowest BCUT2D eigenvalue weighted by atomic mass is 10.1. The molecule has 0 bridgehead atoms. The number of halogens is 2. The van der Waals surface area contributed by atoms with Crippen LogP contribution in [0.5, 0.6) is 5.75 Å². The maximum atomic E-state index is 13.0. The van der Waals surface area contributed by atoms with Gasteiger partial charge in [-0.3, -0.25) is 4.79 Å². The second-order valence-corrected chi connectivity index (χ2v) is 6.83. The number of aryl methyl sites for hydroxylation is 1. The summed E-state index contributed by atoms with van der Waals surface area (Å²) in [5, 5.41) is 16.6. The largest absolute Gasteiger partial charge is 0.407 e. The highest BCUT2D eigenvalue weighted by molar-refractivity contribution is 9.10. The summed E-state index contributed by atoms with van der Waals surface area (Å²) in [6, 6.07) is 10.1. The molecule has 0 fully saturated rings. The van der Waals surface area contributed by atoms with Gasteiger partial charge in [0.1, 0.15) is 10.3 Å². The van der Waals surface area contributed by atoms with Crippen LogP contribution in [0, 0.1) is 18.3 Å². The van der Waals surface area contributed by atoms with Crippen molar-refractivity contribution in [2.45, 2.75) is 6.92 Å². The Hall–Kier alpha value is -2.93. The van der Waals surface area contributed by atoms with E-state index in [4.69, 9.17) is 21.7 Å². The minimum absolute atomic E-state index is 0.214. The number of hydrogen-bond acceptors (Lipinski definition) is 6. The fourth-order valence-corrected chi connectivity index (χ4v) is 3.13. The molecule has 0 spiro atoms. The Kier molecular flexibility index (Phi) is 5.94. The summed E-state index contributed by atoms with van der Waals surface area (Å²) in [7, 11) is 1.58. The zero-order chi connectivity index (χ0) is 20.3. The number of nitrogens with one attached hydrogen (secondary N) is 2. The van der Waals surface area contributed by atoms with Gasteiger partial charge in [-0.2, -0.15) is 15.8 Å². The minimum Gasteiger partial charge on any atom is -0.407 e. The van der Waals surface area contributed by atoms with E-state index in [1.54, 1.807) is 44.4 Å². The van der Waals surface area contributed by atoms with Crippen molar-refractivity contribution in [1.82, 2.24) is 20.2 Å². The predicted octanol–water partition coefficient (Wildman–Crippen LogP) is 3.63. The molecule has 0 atom stereocenters. The van der Waals surface area contributed by atoms with E-state index in [1.807, 2.05) is 0 Å². The molecule has 0 aliphatic carbocycles. The van der Waals surface area contributed by atoms with Gasteiger partial charge in [-0.1, -0.05) is 11.6 Å². The maximum Gasteiger partial charge on any atom is 0.274 e. The number of anilines is 1. The van der Waals surface area contributed by atoms with E-state index in [2.05, 4.69) is 42.9 Å². The van der Waals surface area contributed by atoms with Crippen LogP contribution in [0.2, 0.25) is 5.02 Å². The quantitative estimate of drug-likeness (QED) is 0.562. The monoisotopic (exact) mass is 460 g/mol. The Morgan fingerprint density at radius 2 is 2.18 bits per heavy atom. The van der Waals surface area contributed by atoms with Crippen molar-refractivity contribution < 1.29 is 9.63 Å². The normalized spacial score (nSPS) is 10.4. The Morgan fingerprint density at radius 1 is 1.39 bits per heavy atom. The molecule has 1 aromatic carbocycles. The molecule has 1 amide bonds. The van der Waals surface area contributed by atoms with Gasteiger partial charge in [-0.15, -0.1) is 0 Å². The fraction of sp³-hybridized carbons (Fsp3) is 0.111. The zero-order valence-electron chi connectivity index (χ0n) is 14.8. The summed E-state index contributed by atoms with van der Waals surface area (Å²) >= 11 is 9.48. The summed E-state index contributed by atoms with van der Waals surface area (Å²) in [6.07, 6.45) is 1.56. The van der Waals surface area contributed by atoms with Crippen LogP contribution in [0.15, 0.2) is 41.1 Å². The number of pyridine rings is 1. The summed E-state index contributed by atoms with van der Waals surface area (Å²) in [5.41, 5.74) is 4.27. The van der Waals surface area contributed by atoms with Crippen LogP contribution in [0.25, 0.3) is 5.82 Å². The average Bonchev–Trinajstić information content (AvgIpc) is 3.06. The number of hydrogen-bond donors (Lipinski definition) is 2. The Bertz CT molecular complexity index is 1090. The van der Waals surface area contributed by atoms with Crippen molar-refractivity contribution in [3.05, 3.63) is 63.0 Å². The molecular weight excluding hydrogens is 448 g/mol. The number of nitriles is 1. The summed E-state index contributed by atoms with van der Waals surface area (Å²) < 4.78 is 1.79. The van der Waals surface area contributed by atoms with Gasteiger partial charge in [0.2, 0.25) is 0 Å². The van der Waals surface area contributed by atoms with Crippen molar-refractivity contribution >= 4 is 39.1 Å². The second kappa shape index (κ2) is 8.39. The highest BCUT2D eigenvalue weighted by Gasteiger charge is 2.21. The van der Waals surface area contributed by atoms with Crippen molar-refractivity contribution in [3.8, 4) is 17.6 Å². The summed E-state index contributed by atoms with van der Waals surface area (Å²) in [4.78, 5) is 22.5. The molecule has 3 aromatic rings. The third-order valence-electron chi connectivity index (χ3n) is 3.73. The minimum atomic E-state index is -0.450. The lowest BCUT2D eigenvalue weighted by Gasteiger charge is -2.15. The van der Waals surface area contributed by atoms with Gasteiger partial charge in [-0.25, -0.2) is 9.67 Å². The van der Waals surface area contributed by atoms with Crippen LogP contribution in [0.1, 0.15) is 21.6 Å². The zero-order valence-corrected chi connectivity index (χ0v) is 17.2. The molecule has 3 rings (SSSR count). The third kappa shape index (κ3) is 3.99.